The van der Waals surface area contributed by atoms with Gasteiger partial charge in [0, 0.05) is 13.3 Å². The number of carbonyl (C=O) groups is 2. The van der Waals surface area contributed by atoms with Crippen molar-refractivity contribution >= 4 is 11.9 Å². The molecule has 0 aliphatic rings. The Morgan fingerprint density at radius 1 is 0.839 bits per heavy atom. The first-order valence-corrected chi connectivity index (χ1v) is 10.9. The maximum atomic E-state index is 11.6. The molecule has 0 rings (SSSR count). The monoisotopic (exact) mass is 434 g/mol. The summed E-state index contributed by atoms with van der Waals surface area (Å²) in [6, 6.07) is 0. The van der Waals surface area contributed by atoms with Crippen LogP contribution in [-0.4, -0.2) is 47.6 Å². The average Bonchev–Trinajstić information content (AvgIpc) is 2.75. The summed E-state index contributed by atoms with van der Waals surface area (Å²) in [5.74, 6) is -0.850. The van der Waals surface area contributed by atoms with E-state index in [1.54, 1.807) is 6.08 Å². The van der Waals surface area contributed by atoms with Gasteiger partial charge in [-0.2, -0.15) is 0 Å². The van der Waals surface area contributed by atoms with E-state index in [1.807, 2.05) is 31.2 Å². The Morgan fingerprint density at radius 2 is 1.42 bits per heavy atom. The molecular formula is C25H38O6. The quantitative estimate of drug-likeness (QED) is 0.153. The van der Waals surface area contributed by atoms with E-state index in [1.165, 1.54) is 6.92 Å². The zero-order chi connectivity index (χ0) is 23.2. The van der Waals surface area contributed by atoms with Crippen molar-refractivity contribution in [2.24, 2.45) is 0 Å². The van der Waals surface area contributed by atoms with Gasteiger partial charge in [-0.1, -0.05) is 67.7 Å². The third-order valence-electron chi connectivity index (χ3n) is 3.98. The van der Waals surface area contributed by atoms with E-state index in [0.717, 1.165) is 32.1 Å². The largest absolute Gasteiger partial charge is 0.463 e. The minimum Gasteiger partial charge on any atom is -0.463 e. The van der Waals surface area contributed by atoms with Crippen LogP contribution in [0.15, 0.2) is 60.8 Å². The number of aliphatic hydroxyl groups is 2. The van der Waals surface area contributed by atoms with E-state index in [9.17, 15) is 19.8 Å². The van der Waals surface area contributed by atoms with Gasteiger partial charge in [0.2, 0.25) is 0 Å². The van der Waals surface area contributed by atoms with E-state index in [-0.39, 0.29) is 31.7 Å². The van der Waals surface area contributed by atoms with E-state index in [2.05, 4.69) is 35.1 Å². The smallest absolute Gasteiger partial charge is 0.305 e. The third-order valence-corrected chi connectivity index (χ3v) is 3.98. The van der Waals surface area contributed by atoms with Crippen LogP contribution < -0.4 is 0 Å². The van der Waals surface area contributed by atoms with Gasteiger partial charge in [-0.05, 0) is 38.5 Å². The van der Waals surface area contributed by atoms with Crippen molar-refractivity contribution in [3.8, 4) is 0 Å². The van der Waals surface area contributed by atoms with Gasteiger partial charge in [-0.25, -0.2) is 0 Å². The number of rotatable bonds is 17. The molecule has 6 heteroatoms. The molecule has 0 aromatic rings. The first-order valence-electron chi connectivity index (χ1n) is 10.9. The average molecular weight is 435 g/mol. The summed E-state index contributed by atoms with van der Waals surface area (Å²) in [6.07, 6.45) is 23.9. The van der Waals surface area contributed by atoms with Crippen LogP contribution in [0.1, 0.15) is 58.8 Å². The molecule has 2 atom stereocenters. The Balaban J connectivity index is 3.64. The number of hydrogen-bond donors (Lipinski definition) is 2. The van der Waals surface area contributed by atoms with Crippen LogP contribution >= 0.6 is 0 Å². The Labute approximate surface area is 186 Å². The van der Waals surface area contributed by atoms with Crippen LogP contribution in [0.25, 0.3) is 0 Å². The van der Waals surface area contributed by atoms with E-state index < -0.39 is 12.1 Å². The maximum absolute atomic E-state index is 11.6. The second-order valence-corrected chi connectivity index (χ2v) is 6.94. The molecule has 0 aliphatic carbocycles. The highest BCUT2D eigenvalue weighted by Crippen LogP contribution is 2.01. The zero-order valence-electron chi connectivity index (χ0n) is 18.8. The molecule has 0 saturated heterocycles. The van der Waals surface area contributed by atoms with Gasteiger partial charge in [-0.3, -0.25) is 9.59 Å². The number of unbranched alkanes of at least 4 members (excludes halogenated alkanes) is 1. The van der Waals surface area contributed by atoms with E-state index >= 15 is 0 Å². The minimum absolute atomic E-state index is 0.169. The Kier molecular flexibility index (Phi) is 19.2. The van der Waals surface area contributed by atoms with Gasteiger partial charge in [0.05, 0.1) is 6.10 Å². The molecule has 0 aromatic heterocycles. The lowest BCUT2D eigenvalue weighted by molar-refractivity contribution is -0.151. The molecule has 0 aromatic carbocycles. The van der Waals surface area contributed by atoms with Crippen LogP contribution in [0.5, 0.6) is 0 Å². The number of ether oxygens (including phenoxy) is 2. The van der Waals surface area contributed by atoms with Gasteiger partial charge < -0.3 is 19.7 Å². The molecule has 6 nitrogen and oxygen atoms in total. The fourth-order valence-electron chi connectivity index (χ4n) is 2.21. The van der Waals surface area contributed by atoms with Crippen molar-refractivity contribution in [2.75, 3.05) is 13.2 Å². The van der Waals surface area contributed by atoms with Crippen molar-refractivity contribution < 1.29 is 29.3 Å². The summed E-state index contributed by atoms with van der Waals surface area (Å²) in [5, 5.41) is 18.8. The molecule has 0 spiro atoms. The second-order valence-electron chi connectivity index (χ2n) is 6.94. The van der Waals surface area contributed by atoms with Crippen molar-refractivity contribution in [1.29, 1.82) is 0 Å². The molecular weight excluding hydrogens is 396 g/mol. The van der Waals surface area contributed by atoms with Crippen LogP contribution in [0.2, 0.25) is 0 Å². The summed E-state index contributed by atoms with van der Waals surface area (Å²) >= 11 is 0. The Bertz CT molecular complexity index is 616. The van der Waals surface area contributed by atoms with Gasteiger partial charge in [0.15, 0.2) is 0 Å². The number of hydrogen-bond acceptors (Lipinski definition) is 6. The molecule has 2 N–H and O–H groups in total. The highest BCUT2D eigenvalue weighted by Gasteiger charge is 2.09. The molecule has 0 aliphatic heterocycles. The second kappa shape index (κ2) is 20.8. The zero-order valence-corrected chi connectivity index (χ0v) is 18.8. The first-order chi connectivity index (χ1) is 15.0. The number of aliphatic hydroxyl groups excluding tert-OH is 2. The Morgan fingerprint density at radius 3 is 2.03 bits per heavy atom. The topological polar surface area (TPSA) is 93.1 Å². The standard InChI is InChI=1S/C25H38O6/c1-3-23(27)18-16-14-12-10-8-6-4-5-7-9-11-13-15-17-19-25(29)31-21-24(28)20-30-22(2)26/h5-8,11-14,16,18,23-24,27-28H,3-4,9-10,15,17,19-21H2,1-2H3/b7-5-,8-6-,13-11-,14-12-,18-16+/t23-,24-/m0/s1. The first kappa shape index (κ1) is 28.6. The van der Waals surface area contributed by atoms with Crippen LogP contribution in [0.3, 0.4) is 0 Å². The molecule has 0 amide bonds. The summed E-state index contributed by atoms with van der Waals surface area (Å²) in [4.78, 5) is 22.2. The molecule has 0 bridgehead atoms. The van der Waals surface area contributed by atoms with Gasteiger partial charge in [0.1, 0.15) is 19.3 Å². The lowest BCUT2D eigenvalue weighted by atomic mass is 10.2. The Hall–Kier alpha value is -2.44. The molecule has 0 heterocycles. The predicted octanol–water partition coefficient (Wildman–Crippen LogP) is 4.35. The van der Waals surface area contributed by atoms with Gasteiger partial charge in [0.25, 0.3) is 0 Å². The summed E-state index contributed by atoms with van der Waals surface area (Å²) < 4.78 is 9.56. The van der Waals surface area contributed by atoms with Crippen molar-refractivity contribution in [1.82, 2.24) is 0 Å². The number of esters is 2. The maximum Gasteiger partial charge on any atom is 0.305 e. The molecule has 0 saturated carbocycles. The molecule has 0 unspecified atom stereocenters. The van der Waals surface area contributed by atoms with E-state index in [0.29, 0.717) is 6.42 Å². The van der Waals surface area contributed by atoms with Crippen molar-refractivity contribution in [3.05, 3.63) is 60.8 Å². The fraction of sp³-hybridized carbons (Fsp3) is 0.520. The lowest BCUT2D eigenvalue weighted by Gasteiger charge is -2.10. The highest BCUT2D eigenvalue weighted by molar-refractivity contribution is 5.69. The number of carbonyl (C=O) groups excluding carboxylic acids is 2. The SMILES string of the molecule is CC[C@H](O)/C=C/C=C\C/C=C\C/C=C\C/C=C\CCCC(=O)OC[C@@H](O)COC(C)=O. The fourth-order valence-corrected chi connectivity index (χ4v) is 2.21. The third kappa shape index (κ3) is 22.1. The predicted molar refractivity (Wildman–Crippen MR) is 123 cm³/mol. The van der Waals surface area contributed by atoms with Crippen LogP contribution in [0, 0.1) is 0 Å². The summed E-state index contributed by atoms with van der Waals surface area (Å²) in [5.41, 5.74) is 0. The van der Waals surface area contributed by atoms with Crippen LogP contribution in [-0.2, 0) is 19.1 Å². The van der Waals surface area contributed by atoms with Gasteiger partial charge in [-0.15, -0.1) is 0 Å². The summed E-state index contributed by atoms with van der Waals surface area (Å²) in [6.45, 7) is 2.85. The van der Waals surface area contributed by atoms with Crippen molar-refractivity contribution in [2.45, 2.75) is 71.0 Å². The van der Waals surface area contributed by atoms with Crippen molar-refractivity contribution in [3.63, 3.8) is 0 Å². The molecule has 31 heavy (non-hydrogen) atoms. The normalized spacial score (nSPS) is 14.3. The van der Waals surface area contributed by atoms with E-state index in [4.69, 9.17) is 4.74 Å². The molecule has 0 fully saturated rings. The minimum atomic E-state index is -0.992. The van der Waals surface area contributed by atoms with Gasteiger partial charge >= 0.3 is 11.9 Å². The highest BCUT2D eigenvalue weighted by atomic mass is 16.6. The number of allylic oxidation sites excluding steroid dienone is 9. The van der Waals surface area contributed by atoms with Crippen LogP contribution in [0.4, 0.5) is 0 Å². The summed E-state index contributed by atoms with van der Waals surface area (Å²) in [7, 11) is 0. The molecule has 174 valence electrons. The lowest BCUT2D eigenvalue weighted by Crippen LogP contribution is -2.24. The molecule has 0 radical (unpaired) electrons.